The van der Waals surface area contributed by atoms with E-state index in [9.17, 15) is 14.0 Å². The summed E-state index contributed by atoms with van der Waals surface area (Å²) in [6.45, 7) is 2.48. The Morgan fingerprint density at radius 1 is 0.900 bits per heavy atom. The topological polar surface area (TPSA) is 64.4 Å². The van der Waals surface area contributed by atoms with Crippen LogP contribution in [-0.4, -0.2) is 40.6 Å². The van der Waals surface area contributed by atoms with E-state index in [1.807, 2.05) is 67.6 Å². The van der Waals surface area contributed by atoms with Gasteiger partial charge in [0.05, 0.1) is 35.7 Å². The maximum Gasteiger partial charge on any atom is 0.266 e. The Hall–Kier alpha value is -4.62. The molecule has 1 atom stereocenters. The lowest BCUT2D eigenvalue weighted by Gasteiger charge is -2.30. The van der Waals surface area contributed by atoms with Crippen LogP contribution in [0.2, 0.25) is 0 Å². The van der Waals surface area contributed by atoms with Crippen molar-refractivity contribution in [2.24, 2.45) is 0 Å². The van der Waals surface area contributed by atoms with Crippen molar-refractivity contribution in [3.63, 3.8) is 0 Å². The molecule has 0 saturated heterocycles. The third-order valence-corrected chi connectivity index (χ3v) is 7.00. The number of fused-ring (bicyclic) bond motifs is 1. The fourth-order valence-electron chi connectivity index (χ4n) is 4.85. The lowest BCUT2D eigenvalue weighted by atomic mass is 10.0. The third-order valence-electron chi connectivity index (χ3n) is 7.00. The molecule has 202 valence electrons. The summed E-state index contributed by atoms with van der Waals surface area (Å²) in [5, 5.41) is 0.441. The van der Waals surface area contributed by atoms with Crippen LogP contribution in [0, 0.1) is 5.82 Å². The van der Waals surface area contributed by atoms with Gasteiger partial charge in [-0.25, -0.2) is 9.37 Å². The first-order valence-corrected chi connectivity index (χ1v) is 13.2. The lowest BCUT2D eigenvalue weighted by molar-refractivity contribution is -0.133. The zero-order valence-corrected chi connectivity index (χ0v) is 22.5. The minimum atomic E-state index is -0.575. The number of benzene rings is 4. The second-order valence-corrected chi connectivity index (χ2v) is 9.60. The highest BCUT2D eigenvalue weighted by Gasteiger charge is 2.27. The third kappa shape index (κ3) is 5.70. The molecule has 0 bridgehead atoms. The van der Waals surface area contributed by atoms with Crippen LogP contribution in [-0.2, 0) is 16.0 Å². The average Bonchev–Trinajstić information content (AvgIpc) is 2.98. The number of rotatable bonds is 9. The highest BCUT2D eigenvalue weighted by Crippen LogP contribution is 2.25. The van der Waals surface area contributed by atoms with Crippen LogP contribution >= 0.6 is 0 Å². The average molecular weight is 536 g/mol. The summed E-state index contributed by atoms with van der Waals surface area (Å²) in [7, 11) is 1.58. The van der Waals surface area contributed by atoms with E-state index in [1.54, 1.807) is 42.3 Å². The molecule has 5 aromatic rings. The number of aromatic nitrogens is 2. The van der Waals surface area contributed by atoms with Crippen LogP contribution < -0.4 is 5.56 Å². The molecule has 6 nitrogen and oxygen atoms in total. The standard InChI is InChI=1S/C33H30FN3O3/c1-23(32-35-30-11-7-6-10-29(30)33(39)37(32)28-18-16-27(34)17-19-28)36(20-21-40-2)31(38)22-24-12-14-26(15-13-24)25-8-4-3-5-9-25/h3-19,23H,20-22H2,1-2H3. The molecule has 0 aliphatic heterocycles. The summed E-state index contributed by atoms with van der Waals surface area (Å²) in [5.74, 6) is -0.139. The van der Waals surface area contributed by atoms with Crippen LogP contribution in [0.15, 0.2) is 108 Å². The Morgan fingerprint density at radius 3 is 2.25 bits per heavy atom. The van der Waals surface area contributed by atoms with Gasteiger partial charge in [-0.05, 0) is 60.0 Å². The second-order valence-electron chi connectivity index (χ2n) is 9.60. The number of hydrogen-bond donors (Lipinski definition) is 0. The molecular formula is C33H30FN3O3. The number of ether oxygens (including phenoxy) is 1. The van der Waals surface area contributed by atoms with Crippen LogP contribution in [0.25, 0.3) is 27.7 Å². The smallest absolute Gasteiger partial charge is 0.266 e. The first-order valence-electron chi connectivity index (χ1n) is 13.2. The largest absolute Gasteiger partial charge is 0.383 e. The van der Waals surface area contributed by atoms with E-state index in [4.69, 9.17) is 9.72 Å². The van der Waals surface area contributed by atoms with E-state index in [0.717, 1.165) is 16.7 Å². The summed E-state index contributed by atoms with van der Waals surface area (Å²) < 4.78 is 20.5. The molecule has 1 heterocycles. The van der Waals surface area contributed by atoms with Crippen LogP contribution in [0.5, 0.6) is 0 Å². The Morgan fingerprint density at radius 2 is 1.55 bits per heavy atom. The normalized spacial score (nSPS) is 11.9. The predicted octanol–water partition coefficient (Wildman–Crippen LogP) is 5.97. The minimum absolute atomic E-state index is 0.120. The molecule has 0 radical (unpaired) electrons. The Kier molecular flexibility index (Phi) is 8.12. The quantitative estimate of drug-likeness (QED) is 0.233. The van der Waals surface area contributed by atoms with Crippen LogP contribution in [0.4, 0.5) is 4.39 Å². The number of para-hydroxylation sites is 1. The van der Waals surface area contributed by atoms with Crippen LogP contribution in [0.1, 0.15) is 24.4 Å². The molecule has 4 aromatic carbocycles. The summed E-state index contributed by atoms with van der Waals surface area (Å²) in [6, 6.07) is 30.2. The molecule has 0 aliphatic rings. The van der Waals surface area contributed by atoms with Crippen molar-refractivity contribution < 1.29 is 13.9 Å². The number of nitrogens with zero attached hydrogens (tertiary/aromatic N) is 3. The molecule has 5 rings (SSSR count). The van der Waals surface area contributed by atoms with Crippen molar-refractivity contribution >= 4 is 16.8 Å². The van der Waals surface area contributed by atoms with E-state index < -0.39 is 11.9 Å². The Bertz CT molecular complexity index is 1670. The molecule has 0 saturated carbocycles. The molecule has 40 heavy (non-hydrogen) atoms. The van der Waals surface area contributed by atoms with Gasteiger partial charge < -0.3 is 9.64 Å². The molecule has 0 spiro atoms. The number of carbonyl (C=O) groups excluding carboxylic acids is 1. The minimum Gasteiger partial charge on any atom is -0.383 e. The van der Waals surface area contributed by atoms with Crippen molar-refractivity contribution in [3.05, 3.63) is 131 Å². The van der Waals surface area contributed by atoms with Gasteiger partial charge in [0.15, 0.2) is 0 Å². The van der Waals surface area contributed by atoms with Crippen molar-refractivity contribution in [2.75, 3.05) is 20.3 Å². The van der Waals surface area contributed by atoms with Crippen LogP contribution in [0.3, 0.4) is 0 Å². The fourth-order valence-corrected chi connectivity index (χ4v) is 4.85. The van der Waals surface area contributed by atoms with Gasteiger partial charge in [-0.2, -0.15) is 0 Å². The van der Waals surface area contributed by atoms with Gasteiger partial charge in [-0.1, -0.05) is 66.7 Å². The zero-order valence-electron chi connectivity index (χ0n) is 22.5. The number of methoxy groups -OCH3 is 1. The van der Waals surface area contributed by atoms with E-state index in [-0.39, 0.29) is 17.9 Å². The summed E-state index contributed by atoms with van der Waals surface area (Å²) in [5.41, 5.74) is 3.78. The molecule has 7 heteroatoms. The number of carbonyl (C=O) groups is 1. The van der Waals surface area contributed by atoms with Crippen molar-refractivity contribution in [1.29, 1.82) is 0 Å². The molecular weight excluding hydrogens is 505 g/mol. The Labute approximate surface area is 232 Å². The van der Waals surface area contributed by atoms with Crippen molar-refractivity contribution in [2.45, 2.75) is 19.4 Å². The SMILES string of the molecule is COCCN(C(=O)Cc1ccc(-c2ccccc2)cc1)C(C)c1nc2ccccc2c(=O)n1-c1ccc(F)cc1. The van der Waals surface area contributed by atoms with E-state index >= 15 is 0 Å². The summed E-state index contributed by atoms with van der Waals surface area (Å²) >= 11 is 0. The highest BCUT2D eigenvalue weighted by molar-refractivity contribution is 5.80. The summed E-state index contributed by atoms with van der Waals surface area (Å²) in [6.07, 6.45) is 0.178. The molecule has 0 N–H and O–H groups in total. The second kappa shape index (κ2) is 12.1. The highest BCUT2D eigenvalue weighted by atomic mass is 19.1. The van der Waals surface area contributed by atoms with Crippen molar-refractivity contribution in [3.8, 4) is 16.8 Å². The Balaban J connectivity index is 1.51. The molecule has 0 fully saturated rings. The lowest BCUT2D eigenvalue weighted by Crippen LogP contribution is -2.40. The van der Waals surface area contributed by atoms with Gasteiger partial charge in [0, 0.05) is 13.7 Å². The molecule has 1 unspecified atom stereocenters. The first kappa shape index (κ1) is 27.0. The first-order chi connectivity index (χ1) is 19.5. The number of halogens is 1. The van der Waals surface area contributed by atoms with E-state index in [2.05, 4.69) is 0 Å². The van der Waals surface area contributed by atoms with E-state index in [0.29, 0.717) is 35.6 Å². The van der Waals surface area contributed by atoms with Gasteiger partial charge >= 0.3 is 0 Å². The number of amides is 1. The maximum atomic E-state index is 13.7. The van der Waals surface area contributed by atoms with Gasteiger partial charge in [-0.15, -0.1) is 0 Å². The van der Waals surface area contributed by atoms with Gasteiger partial charge in [-0.3, -0.25) is 14.2 Å². The number of hydrogen-bond acceptors (Lipinski definition) is 4. The molecule has 0 aliphatic carbocycles. The van der Waals surface area contributed by atoms with E-state index in [1.165, 1.54) is 16.7 Å². The zero-order chi connectivity index (χ0) is 28.1. The molecule has 1 aromatic heterocycles. The summed E-state index contributed by atoms with van der Waals surface area (Å²) in [4.78, 5) is 33.9. The predicted molar refractivity (Wildman–Crippen MR) is 155 cm³/mol. The monoisotopic (exact) mass is 535 g/mol. The fraction of sp³-hybridized carbons (Fsp3) is 0.182. The maximum absolute atomic E-state index is 13.7. The van der Waals surface area contributed by atoms with Crippen molar-refractivity contribution in [1.82, 2.24) is 14.5 Å². The van der Waals surface area contributed by atoms with Gasteiger partial charge in [0.25, 0.3) is 5.56 Å². The van der Waals surface area contributed by atoms with Gasteiger partial charge in [0.1, 0.15) is 11.6 Å². The molecule has 1 amide bonds. The van der Waals surface area contributed by atoms with Gasteiger partial charge in [0.2, 0.25) is 5.91 Å².